The molecule has 0 aliphatic carbocycles. The zero-order valence-corrected chi connectivity index (χ0v) is 13.7. The number of nitrogens with two attached hydrogens (primary N) is 1. The smallest absolute Gasteiger partial charge is 0.262 e. The molecule has 10 heteroatoms. The Morgan fingerprint density at radius 3 is 2.73 bits per heavy atom. The van der Waals surface area contributed by atoms with Crippen LogP contribution in [0.3, 0.4) is 0 Å². The van der Waals surface area contributed by atoms with Gasteiger partial charge >= 0.3 is 0 Å². The van der Waals surface area contributed by atoms with Gasteiger partial charge in [0.15, 0.2) is 11.5 Å². The molecule has 4 rings (SSSR count). The summed E-state index contributed by atoms with van der Waals surface area (Å²) in [5.41, 5.74) is 5.60. The monoisotopic (exact) mass is 354 g/mol. The molecule has 132 valence electrons. The maximum atomic E-state index is 12.6. The zero-order valence-electron chi connectivity index (χ0n) is 13.7. The Kier molecular flexibility index (Phi) is 3.64. The summed E-state index contributed by atoms with van der Waals surface area (Å²) in [5, 5.41) is 2.95. The van der Waals surface area contributed by atoms with Crippen molar-refractivity contribution in [2.45, 2.75) is 0 Å². The number of benzene rings is 1. The molecule has 10 nitrogen and oxygen atoms in total. The molecule has 1 aliphatic rings. The van der Waals surface area contributed by atoms with Gasteiger partial charge in [-0.1, -0.05) is 0 Å². The summed E-state index contributed by atoms with van der Waals surface area (Å²) in [5.74, 6) is 0.494. The first kappa shape index (κ1) is 15.8. The van der Waals surface area contributed by atoms with E-state index >= 15 is 0 Å². The number of rotatable bonds is 2. The fraction of sp³-hybridized carbons (Fsp3) is 0.188. The summed E-state index contributed by atoms with van der Waals surface area (Å²) in [7, 11) is 1.51. The van der Waals surface area contributed by atoms with E-state index in [0.29, 0.717) is 35.6 Å². The fourth-order valence-corrected chi connectivity index (χ4v) is 2.58. The van der Waals surface area contributed by atoms with Crippen molar-refractivity contribution in [2.24, 2.45) is 7.05 Å². The molecule has 1 amide bonds. The number of hydrogen-bond donors (Lipinski definition) is 2. The molecule has 0 saturated carbocycles. The third-order valence-electron chi connectivity index (χ3n) is 3.91. The lowest BCUT2D eigenvalue weighted by Crippen LogP contribution is -2.26. The van der Waals surface area contributed by atoms with Crippen LogP contribution in [-0.4, -0.2) is 38.6 Å². The highest BCUT2D eigenvalue weighted by Crippen LogP contribution is 2.35. The molecular weight excluding hydrogens is 340 g/mol. The van der Waals surface area contributed by atoms with Crippen LogP contribution in [-0.2, 0) is 7.05 Å². The number of carbonyl (C=O) groups is 1. The van der Waals surface area contributed by atoms with E-state index in [1.165, 1.54) is 24.0 Å². The average Bonchev–Trinajstić information content (AvgIpc) is 2.66. The van der Waals surface area contributed by atoms with Gasteiger partial charge < -0.3 is 15.2 Å². The highest BCUT2D eigenvalue weighted by atomic mass is 16.6. The second-order valence-corrected chi connectivity index (χ2v) is 5.57. The maximum absolute atomic E-state index is 12.6. The Bertz CT molecular complexity index is 1080. The minimum absolute atomic E-state index is 0.0570. The van der Waals surface area contributed by atoms with E-state index in [9.17, 15) is 9.59 Å². The van der Waals surface area contributed by atoms with Crippen LogP contribution in [0.1, 0.15) is 10.4 Å². The first-order valence-corrected chi connectivity index (χ1v) is 7.73. The molecule has 3 N–H and O–H groups in total. The molecule has 3 aromatic rings. The number of amides is 1. The van der Waals surface area contributed by atoms with E-state index in [-0.39, 0.29) is 23.0 Å². The van der Waals surface area contributed by atoms with E-state index in [1.807, 2.05) is 0 Å². The lowest BCUT2D eigenvalue weighted by atomic mass is 10.2. The minimum atomic E-state index is -0.520. The van der Waals surface area contributed by atoms with Crippen LogP contribution in [0.25, 0.3) is 10.9 Å². The number of fused-ring (bicyclic) bond motifs is 3. The molecule has 0 unspecified atom stereocenters. The number of ether oxygens (including phenoxy) is 2. The highest BCUT2D eigenvalue weighted by molar-refractivity contribution is 6.03. The molecule has 0 fully saturated rings. The molecule has 0 saturated heterocycles. The quantitative estimate of drug-likeness (QED) is 0.672. The van der Waals surface area contributed by atoms with Gasteiger partial charge in [0, 0.05) is 19.4 Å². The summed E-state index contributed by atoms with van der Waals surface area (Å²) in [6.07, 6.45) is 2.57. The summed E-state index contributed by atoms with van der Waals surface area (Å²) in [6, 6.07) is 3.29. The van der Waals surface area contributed by atoms with E-state index < -0.39 is 5.91 Å². The van der Waals surface area contributed by atoms with Crippen molar-refractivity contribution < 1.29 is 14.3 Å². The molecular formula is C16H14N6O4. The lowest BCUT2D eigenvalue weighted by Gasteiger charge is -2.20. The Morgan fingerprint density at radius 1 is 1.23 bits per heavy atom. The van der Waals surface area contributed by atoms with Gasteiger partial charge in [-0.15, -0.1) is 0 Å². The molecule has 1 aromatic carbocycles. The van der Waals surface area contributed by atoms with Gasteiger partial charge in [0.25, 0.3) is 11.5 Å². The standard InChI is InChI=1S/C16H14N6O4/c1-22-14(24)9-2-3-10-12(26-5-4-25-10)11(9)20-16(22)21-13(23)8-6-18-15(17)19-7-8/h2-3,6-7H,4-5H2,1H3,(H2,17,18,19)(H,20,21,23). The molecule has 26 heavy (non-hydrogen) atoms. The summed E-state index contributed by atoms with van der Waals surface area (Å²) in [4.78, 5) is 36.9. The predicted octanol–water partition coefficient (Wildman–Crippen LogP) is 0.329. The Morgan fingerprint density at radius 2 is 1.96 bits per heavy atom. The largest absolute Gasteiger partial charge is 0.486 e. The second kappa shape index (κ2) is 5.99. The van der Waals surface area contributed by atoms with E-state index in [0.717, 1.165) is 0 Å². The molecule has 0 bridgehead atoms. The number of nitrogens with one attached hydrogen (secondary N) is 1. The molecule has 1 aliphatic heterocycles. The number of hydrogen-bond acceptors (Lipinski definition) is 8. The van der Waals surface area contributed by atoms with Crippen molar-refractivity contribution in [1.82, 2.24) is 19.5 Å². The van der Waals surface area contributed by atoms with E-state index in [1.54, 1.807) is 12.1 Å². The van der Waals surface area contributed by atoms with Gasteiger partial charge in [0.1, 0.15) is 18.7 Å². The summed E-state index contributed by atoms with van der Waals surface area (Å²) < 4.78 is 12.4. The SMILES string of the molecule is Cn1c(NC(=O)c2cnc(N)nc2)nc2c3c(ccc2c1=O)OCCO3. The Balaban J connectivity index is 1.79. The topological polar surface area (TPSA) is 134 Å². The van der Waals surface area contributed by atoms with Gasteiger partial charge in [-0.2, -0.15) is 0 Å². The molecule has 2 aromatic heterocycles. The zero-order chi connectivity index (χ0) is 18.3. The van der Waals surface area contributed by atoms with Crippen LogP contribution in [0, 0.1) is 0 Å². The van der Waals surface area contributed by atoms with Crippen LogP contribution < -0.4 is 26.1 Å². The van der Waals surface area contributed by atoms with Crippen molar-refractivity contribution in [1.29, 1.82) is 0 Å². The second-order valence-electron chi connectivity index (χ2n) is 5.57. The van der Waals surface area contributed by atoms with Crippen LogP contribution in [0.4, 0.5) is 11.9 Å². The number of anilines is 2. The Hall–Kier alpha value is -3.69. The molecule has 0 radical (unpaired) electrons. The van der Waals surface area contributed by atoms with Gasteiger partial charge in [0.05, 0.1) is 10.9 Å². The number of carbonyl (C=O) groups excluding carboxylic acids is 1. The number of aromatic nitrogens is 4. The van der Waals surface area contributed by atoms with Crippen LogP contribution in [0.2, 0.25) is 0 Å². The summed E-state index contributed by atoms with van der Waals surface area (Å²) in [6.45, 7) is 0.775. The van der Waals surface area contributed by atoms with Crippen molar-refractivity contribution in [3.63, 3.8) is 0 Å². The predicted molar refractivity (Wildman–Crippen MR) is 92.4 cm³/mol. The minimum Gasteiger partial charge on any atom is -0.486 e. The van der Waals surface area contributed by atoms with Gasteiger partial charge in [-0.25, -0.2) is 15.0 Å². The third kappa shape index (κ3) is 2.57. The third-order valence-corrected chi connectivity index (χ3v) is 3.91. The lowest BCUT2D eigenvalue weighted by molar-refractivity contribution is 0.102. The Labute approximate surface area is 146 Å². The van der Waals surface area contributed by atoms with E-state index in [4.69, 9.17) is 15.2 Å². The average molecular weight is 354 g/mol. The first-order chi connectivity index (χ1) is 12.5. The molecule has 0 spiro atoms. The number of nitrogens with zero attached hydrogens (tertiary/aromatic N) is 4. The van der Waals surface area contributed by atoms with Crippen LogP contribution in [0.15, 0.2) is 29.3 Å². The van der Waals surface area contributed by atoms with Crippen molar-refractivity contribution >= 4 is 28.7 Å². The highest BCUT2D eigenvalue weighted by Gasteiger charge is 2.20. The number of nitrogen functional groups attached to an aromatic ring is 1. The fourth-order valence-electron chi connectivity index (χ4n) is 2.58. The normalized spacial score (nSPS) is 12.8. The van der Waals surface area contributed by atoms with Crippen molar-refractivity contribution in [3.05, 3.63) is 40.4 Å². The maximum Gasteiger partial charge on any atom is 0.262 e. The van der Waals surface area contributed by atoms with Crippen molar-refractivity contribution in [2.75, 3.05) is 24.3 Å². The molecule has 0 atom stereocenters. The summed E-state index contributed by atoms with van der Waals surface area (Å²) >= 11 is 0. The first-order valence-electron chi connectivity index (χ1n) is 7.73. The van der Waals surface area contributed by atoms with Crippen LogP contribution >= 0.6 is 0 Å². The van der Waals surface area contributed by atoms with Crippen molar-refractivity contribution in [3.8, 4) is 11.5 Å². The van der Waals surface area contributed by atoms with Gasteiger partial charge in [-0.05, 0) is 12.1 Å². The molecule has 3 heterocycles. The van der Waals surface area contributed by atoms with Gasteiger partial charge in [0.2, 0.25) is 11.9 Å². The van der Waals surface area contributed by atoms with Crippen LogP contribution in [0.5, 0.6) is 11.5 Å². The van der Waals surface area contributed by atoms with E-state index in [2.05, 4.69) is 20.3 Å². The van der Waals surface area contributed by atoms with Gasteiger partial charge in [-0.3, -0.25) is 19.5 Å².